The van der Waals surface area contributed by atoms with Gasteiger partial charge in [0.1, 0.15) is 0 Å². The van der Waals surface area contributed by atoms with Crippen LogP contribution >= 0.6 is 0 Å². The van der Waals surface area contributed by atoms with Gasteiger partial charge in [0.15, 0.2) is 0 Å². The van der Waals surface area contributed by atoms with Crippen LogP contribution in [-0.2, 0) is 19.1 Å². The van der Waals surface area contributed by atoms with E-state index in [2.05, 4.69) is 0 Å². The summed E-state index contributed by atoms with van der Waals surface area (Å²) in [7, 11) is 0. The highest BCUT2D eigenvalue weighted by Gasteiger charge is 2.09. The first-order valence-corrected chi connectivity index (χ1v) is 9.66. The predicted molar refractivity (Wildman–Crippen MR) is 96.1 cm³/mol. The zero-order chi connectivity index (χ0) is 18.9. The van der Waals surface area contributed by atoms with E-state index in [1.807, 2.05) is 13.8 Å². The lowest BCUT2D eigenvalue weighted by molar-refractivity contribution is -0.145. The minimum Gasteiger partial charge on any atom is -0.466 e. The normalized spacial score (nSPS) is 13.3. The van der Waals surface area contributed by atoms with Crippen LogP contribution in [0.25, 0.3) is 0 Å². The van der Waals surface area contributed by atoms with Crippen LogP contribution in [0.4, 0.5) is 0 Å². The van der Waals surface area contributed by atoms with Crippen molar-refractivity contribution in [2.75, 3.05) is 13.2 Å². The summed E-state index contributed by atoms with van der Waals surface area (Å²) in [6.07, 6.45) is 6.17. The minimum atomic E-state index is -0.319. The first kappa shape index (κ1) is 23.9. The Balaban J connectivity index is 3.49. The zero-order valence-corrected chi connectivity index (χ0v) is 15.9. The molecule has 0 fully saturated rings. The molecule has 0 radical (unpaired) electrons. The molecule has 6 heteroatoms. The fraction of sp³-hybridized carbons (Fsp3) is 0.895. The number of ether oxygens (including phenoxy) is 2. The summed E-state index contributed by atoms with van der Waals surface area (Å²) in [6, 6.07) is 0. The van der Waals surface area contributed by atoms with E-state index in [1.54, 1.807) is 0 Å². The lowest BCUT2D eigenvalue weighted by Crippen LogP contribution is -2.12. The maximum atomic E-state index is 11.5. The number of hydrogen-bond acceptors (Lipinski definition) is 6. The van der Waals surface area contributed by atoms with Crippen molar-refractivity contribution in [2.45, 2.75) is 96.7 Å². The lowest BCUT2D eigenvalue weighted by atomic mass is 10.1. The van der Waals surface area contributed by atoms with Crippen LogP contribution in [0.2, 0.25) is 0 Å². The van der Waals surface area contributed by atoms with Crippen LogP contribution in [0, 0.1) is 0 Å². The van der Waals surface area contributed by atoms with Crippen LogP contribution in [0.15, 0.2) is 0 Å². The van der Waals surface area contributed by atoms with E-state index in [-0.39, 0.29) is 37.0 Å². The predicted octanol–water partition coefficient (Wildman–Crippen LogP) is 3.13. The summed E-state index contributed by atoms with van der Waals surface area (Å²) >= 11 is 0. The van der Waals surface area contributed by atoms with Gasteiger partial charge in [0.05, 0.1) is 25.4 Å². The first-order chi connectivity index (χ1) is 12.0. The number of aliphatic hydroxyl groups excluding tert-OH is 2. The number of aliphatic hydroxyl groups is 2. The molecular formula is C19H36O6. The highest BCUT2D eigenvalue weighted by atomic mass is 16.5. The van der Waals surface area contributed by atoms with Crippen molar-refractivity contribution in [1.82, 2.24) is 0 Å². The number of carbonyl (C=O) groups excluding carboxylic acids is 2. The Morgan fingerprint density at radius 1 is 0.720 bits per heavy atom. The van der Waals surface area contributed by atoms with Crippen molar-refractivity contribution in [3.05, 3.63) is 0 Å². The molecular weight excluding hydrogens is 324 g/mol. The number of carbonyl (C=O) groups is 2. The number of rotatable bonds is 16. The van der Waals surface area contributed by atoms with Gasteiger partial charge in [-0.05, 0) is 44.9 Å². The third-order valence-electron chi connectivity index (χ3n) is 3.90. The Morgan fingerprint density at radius 3 is 1.48 bits per heavy atom. The Hall–Kier alpha value is -1.14. The van der Waals surface area contributed by atoms with Crippen molar-refractivity contribution < 1.29 is 29.3 Å². The molecule has 0 aliphatic rings. The van der Waals surface area contributed by atoms with E-state index in [0.717, 1.165) is 25.7 Å². The van der Waals surface area contributed by atoms with Crippen molar-refractivity contribution in [1.29, 1.82) is 0 Å². The average molecular weight is 360 g/mol. The zero-order valence-electron chi connectivity index (χ0n) is 15.9. The third-order valence-corrected chi connectivity index (χ3v) is 3.90. The SMILES string of the molecule is CCCC(O)CCCOC(=O)CCCC(=O)OCCCC(O)CCC. The molecule has 0 aliphatic carbocycles. The van der Waals surface area contributed by atoms with Crippen LogP contribution in [0.3, 0.4) is 0 Å². The van der Waals surface area contributed by atoms with E-state index in [4.69, 9.17) is 9.47 Å². The molecule has 0 aromatic rings. The number of esters is 2. The maximum absolute atomic E-state index is 11.5. The van der Waals surface area contributed by atoms with E-state index in [1.165, 1.54) is 0 Å². The Labute approximate surface area is 151 Å². The lowest BCUT2D eigenvalue weighted by Gasteiger charge is -2.10. The van der Waals surface area contributed by atoms with Gasteiger partial charge in [-0.3, -0.25) is 9.59 Å². The largest absolute Gasteiger partial charge is 0.466 e. The average Bonchev–Trinajstić information content (AvgIpc) is 2.56. The quantitative estimate of drug-likeness (QED) is 0.324. The molecule has 2 atom stereocenters. The van der Waals surface area contributed by atoms with Crippen LogP contribution in [0.5, 0.6) is 0 Å². The van der Waals surface area contributed by atoms with Gasteiger partial charge in [-0.2, -0.15) is 0 Å². The van der Waals surface area contributed by atoms with E-state index >= 15 is 0 Å². The van der Waals surface area contributed by atoms with Crippen LogP contribution < -0.4 is 0 Å². The highest BCUT2D eigenvalue weighted by molar-refractivity contribution is 5.72. The van der Waals surface area contributed by atoms with E-state index in [0.29, 0.717) is 45.3 Å². The standard InChI is InChI=1S/C19H36O6/c1-3-8-16(20)10-6-14-24-18(22)12-5-13-19(23)25-15-7-11-17(21)9-4-2/h16-17,20-21H,3-15H2,1-2H3. The molecule has 0 heterocycles. The molecule has 6 nitrogen and oxygen atoms in total. The summed E-state index contributed by atoms with van der Waals surface area (Å²) < 4.78 is 10.1. The Kier molecular flexibility index (Phi) is 15.6. The monoisotopic (exact) mass is 360 g/mol. The Bertz CT molecular complexity index is 313. The topological polar surface area (TPSA) is 93.1 Å². The summed E-state index contributed by atoms with van der Waals surface area (Å²) in [5.41, 5.74) is 0. The fourth-order valence-electron chi connectivity index (χ4n) is 2.49. The molecule has 0 aromatic heterocycles. The van der Waals surface area contributed by atoms with Crippen molar-refractivity contribution in [2.24, 2.45) is 0 Å². The van der Waals surface area contributed by atoms with Crippen molar-refractivity contribution in [3.8, 4) is 0 Å². The van der Waals surface area contributed by atoms with Gasteiger partial charge in [0, 0.05) is 12.8 Å². The van der Waals surface area contributed by atoms with Gasteiger partial charge in [-0.1, -0.05) is 26.7 Å². The van der Waals surface area contributed by atoms with Gasteiger partial charge < -0.3 is 19.7 Å². The molecule has 0 aliphatic heterocycles. The van der Waals surface area contributed by atoms with E-state index < -0.39 is 0 Å². The van der Waals surface area contributed by atoms with Gasteiger partial charge in [0.2, 0.25) is 0 Å². The van der Waals surface area contributed by atoms with Crippen molar-refractivity contribution in [3.63, 3.8) is 0 Å². The van der Waals surface area contributed by atoms with Gasteiger partial charge in [0.25, 0.3) is 0 Å². The van der Waals surface area contributed by atoms with Crippen LogP contribution in [-0.4, -0.2) is 47.6 Å². The molecule has 0 rings (SSSR count). The molecule has 0 bridgehead atoms. The minimum absolute atomic E-state index is 0.196. The third kappa shape index (κ3) is 16.1. The molecule has 25 heavy (non-hydrogen) atoms. The highest BCUT2D eigenvalue weighted by Crippen LogP contribution is 2.07. The summed E-state index contributed by atoms with van der Waals surface area (Å²) in [5, 5.41) is 19.1. The number of hydrogen-bond donors (Lipinski definition) is 2. The fourth-order valence-corrected chi connectivity index (χ4v) is 2.49. The molecule has 0 amide bonds. The molecule has 0 aromatic carbocycles. The second kappa shape index (κ2) is 16.3. The molecule has 2 unspecified atom stereocenters. The van der Waals surface area contributed by atoms with Gasteiger partial charge >= 0.3 is 11.9 Å². The molecule has 0 saturated heterocycles. The molecule has 148 valence electrons. The first-order valence-electron chi connectivity index (χ1n) is 9.66. The molecule has 0 spiro atoms. The van der Waals surface area contributed by atoms with Gasteiger partial charge in [-0.25, -0.2) is 0 Å². The van der Waals surface area contributed by atoms with Crippen LogP contribution in [0.1, 0.15) is 84.5 Å². The van der Waals surface area contributed by atoms with Crippen molar-refractivity contribution >= 4 is 11.9 Å². The summed E-state index contributed by atoms with van der Waals surface area (Å²) in [4.78, 5) is 23.1. The molecule has 2 N–H and O–H groups in total. The molecule has 0 saturated carbocycles. The smallest absolute Gasteiger partial charge is 0.305 e. The Morgan fingerprint density at radius 2 is 1.12 bits per heavy atom. The summed E-state index contributed by atoms with van der Waals surface area (Å²) in [5.74, 6) is -0.638. The second-order valence-corrected chi connectivity index (χ2v) is 6.46. The second-order valence-electron chi connectivity index (χ2n) is 6.46. The maximum Gasteiger partial charge on any atom is 0.305 e. The van der Waals surface area contributed by atoms with E-state index in [9.17, 15) is 19.8 Å². The summed E-state index contributed by atoms with van der Waals surface area (Å²) in [6.45, 7) is 4.66. The van der Waals surface area contributed by atoms with Gasteiger partial charge in [-0.15, -0.1) is 0 Å².